The molecule has 2 aliphatic rings. The fraction of sp³-hybridized carbons (Fsp3) is 0.346. The molecule has 2 aliphatic heterocycles. The van der Waals surface area contributed by atoms with Crippen molar-refractivity contribution in [2.75, 3.05) is 13.6 Å². The summed E-state index contributed by atoms with van der Waals surface area (Å²) in [6, 6.07) is 9.16. The topological polar surface area (TPSA) is 70.2 Å². The lowest BCUT2D eigenvalue weighted by molar-refractivity contribution is -0.138. The molecule has 37 heavy (non-hydrogen) atoms. The van der Waals surface area contributed by atoms with Gasteiger partial charge in [0.15, 0.2) is 0 Å². The van der Waals surface area contributed by atoms with Crippen LogP contribution in [0.3, 0.4) is 0 Å². The molecule has 0 spiro atoms. The molecule has 5 rings (SSSR count). The van der Waals surface area contributed by atoms with Crippen LogP contribution < -0.4 is 15.4 Å². The van der Waals surface area contributed by atoms with E-state index < -0.39 is 11.7 Å². The summed E-state index contributed by atoms with van der Waals surface area (Å²) < 4.78 is 43.0. The average molecular weight is 549 g/mol. The number of benzene rings is 2. The van der Waals surface area contributed by atoms with E-state index in [0.29, 0.717) is 40.7 Å². The highest BCUT2D eigenvalue weighted by Crippen LogP contribution is 2.37. The van der Waals surface area contributed by atoms with E-state index in [1.54, 1.807) is 24.4 Å². The van der Waals surface area contributed by atoms with E-state index in [9.17, 15) is 23.1 Å². The Kier molecular flexibility index (Phi) is 6.99. The van der Waals surface area contributed by atoms with Crippen LogP contribution in [0, 0.1) is 0 Å². The summed E-state index contributed by atoms with van der Waals surface area (Å²) in [6.07, 6.45) is -0.418. The monoisotopic (exact) mass is 548 g/mol. The summed E-state index contributed by atoms with van der Waals surface area (Å²) >= 11 is 6.73. The average Bonchev–Trinajstić information content (AvgIpc) is 3.55. The number of rotatable bonds is 6. The van der Waals surface area contributed by atoms with Gasteiger partial charge in [-0.2, -0.15) is 23.4 Å². The van der Waals surface area contributed by atoms with Crippen molar-refractivity contribution < 1.29 is 18.3 Å². The molecule has 3 heterocycles. The SMILES string of the molecule is CN1CCCC1CCn1c(O)c(C(Cc2ccc(Cl)cc2C(F)(F)F)=c2ccc3c(c2)C=NN=3)sc1=O. The Morgan fingerprint density at radius 1 is 1.24 bits per heavy atom. The Morgan fingerprint density at radius 3 is 2.78 bits per heavy atom. The number of alkyl halides is 3. The van der Waals surface area contributed by atoms with Crippen LogP contribution >= 0.6 is 22.9 Å². The van der Waals surface area contributed by atoms with E-state index in [4.69, 9.17) is 11.6 Å². The molecule has 1 saturated heterocycles. The standard InChI is InChI=1S/C26H24ClF3N4O2S/c1-33-9-2-3-19(33)8-10-34-24(35)23(37-25(34)36)20(15-5-7-22-17(11-15)14-31-32-22)12-16-4-6-18(27)13-21(16)26(28,29)30/h4-7,11,13-14,19,35H,2-3,8-10,12H2,1H3. The molecular formula is C26H24ClF3N4O2S. The van der Waals surface area contributed by atoms with Gasteiger partial charge in [0.25, 0.3) is 0 Å². The minimum Gasteiger partial charge on any atom is -0.493 e. The molecule has 1 atom stereocenters. The number of aromatic hydroxyl groups is 1. The minimum absolute atomic E-state index is 0.00914. The van der Waals surface area contributed by atoms with Gasteiger partial charge in [-0.3, -0.25) is 9.36 Å². The lowest BCUT2D eigenvalue weighted by Crippen LogP contribution is -2.27. The number of thiazole rings is 1. The molecule has 194 valence electrons. The molecule has 3 aromatic rings. The van der Waals surface area contributed by atoms with Crippen molar-refractivity contribution in [2.24, 2.45) is 10.2 Å². The normalized spacial score (nSPS) is 18.2. The van der Waals surface area contributed by atoms with Gasteiger partial charge in [0.05, 0.1) is 22.0 Å². The third-order valence-electron chi connectivity index (χ3n) is 6.98. The summed E-state index contributed by atoms with van der Waals surface area (Å²) in [5.74, 6) is -0.230. The first kappa shape index (κ1) is 25.7. The number of fused-ring (bicyclic) bond motifs is 1. The van der Waals surface area contributed by atoms with E-state index in [1.165, 1.54) is 16.7 Å². The molecule has 0 saturated carbocycles. The Labute approximate surface area is 219 Å². The molecule has 11 heteroatoms. The van der Waals surface area contributed by atoms with Gasteiger partial charge >= 0.3 is 11.0 Å². The Morgan fingerprint density at radius 2 is 2.05 bits per heavy atom. The summed E-state index contributed by atoms with van der Waals surface area (Å²) in [6.45, 7) is 1.32. The van der Waals surface area contributed by atoms with Gasteiger partial charge in [-0.15, -0.1) is 0 Å². The fourth-order valence-corrected chi connectivity index (χ4v) is 6.12. The lowest BCUT2D eigenvalue weighted by atomic mass is 9.96. The number of nitrogens with zero attached hydrogens (tertiary/aromatic N) is 4. The first-order valence-electron chi connectivity index (χ1n) is 11.8. The molecular weight excluding hydrogens is 525 g/mol. The van der Waals surface area contributed by atoms with Gasteiger partial charge in [0.2, 0.25) is 5.88 Å². The second-order valence-corrected chi connectivity index (χ2v) is 10.7. The van der Waals surface area contributed by atoms with Gasteiger partial charge in [-0.05, 0) is 73.5 Å². The van der Waals surface area contributed by atoms with Crippen LogP contribution in [0.1, 0.15) is 40.8 Å². The highest BCUT2D eigenvalue weighted by molar-refractivity contribution is 7.10. The van der Waals surface area contributed by atoms with E-state index >= 15 is 0 Å². The van der Waals surface area contributed by atoms with Gasteiger partial charge in [0.1, 0.15) is 0 Å². The highest BCUT2D eigenvalue weighted by Gasteiger charge is 2.34. The molecule has 6 nitrogen and oxygen atoms in total. The minimum atomic E-state index is -4.62. The predicted octanol–water partition coefficient (Wildman–Crippen LogP) is 4.18. The van der Waals surface area contributed by atoms with Gasteiger partial charge in [-0.1, -0.05) is 35.1 Å². The zero-order valence-corrected chi connectivity index (χ0v) is 21.5. The maximum absolute atomic E-state index is 13.9. The zero-order chi connectivity index (χ0) is 26.3. The quantitative estimate of drug-likeness (QED) is 0.502. The van der Waals surface area contributed by atoms with Crippen molar-refractivity contribution in [1.82, 2.24) is 9.47 Å². The summed E-state index contributed by atoms with van der Waals surface area (Å²) in [5, 5.41) is 20.3. The summed E-state index contributed by atoms with van der Waals surface area (Å²) in [7, 11) is 2.04. The van der Waals surface area contributed by atoms with E-state index in [0.717, 1.165) is 36.8 Å². The van der Waals surface area contributed by atoms with Crippen LogP contribution in [0.5, 0.6) is 5.88 Å². The van der Waals surface area contributed by atoms with Crippen molar-refractivity contribution in [3.8, 4) is 5.88 Å². The van der Waals surface area contributed by atoms with Crippen LogP contribution in [0.2, 0.25) is 5.02 Å². The number of aromatic nitrogens is 1. The molecule has 2 aromatic carbocycles. The zero-order valence-electron chi connectivity index (χ0n) is 19.9. The molecule has 0 amide bonds. The second kappa shape index (κ2) is 10.1. The molecule has 0 radical (unpaired) electrons. The molecule has 1 fully saturated rings. The summed E-state index contributed by atoms with van der Waals surface area (Å²) in [4.78, 5) is 15.1. The fourth-order valence-electron chi connectivity index (χ4n) is 4.97. The van der Waals surface area contributed by atoms with Gasteiger partial charge < -0.3 is 10.0 Å². The number of likely N-dealkylation sites (tertiary alicyclic amines) is 1. The first-order valence-corrected chi connectivity index (χ1v) is 13.0. The van der Waals surface area contributed by atoms with Gasteiger partial charge in [-0.25, -0.2) is 0 Å². The van der Waals surface area contributed by atoms with Crippen LogP contribution in [0.4, 0.5) is 13.2 Å². The highest BCUT2D eigenvalue weighted by atomic mass is 35.5. The molecule has 0 aliphatic carbocycles. The second-order valence-electron chi connectivity index (χ2n) is 9.31. The van der Waals surface area contributed by atoms with Crippen LogP contribution in [0.25, 0.3) is 5.57 Å². The largest absolute Gasteiger partial charge is 0.493 e. The maximum atomic E-state index is 13.9. The Balaban J connectivity index is 1.62. The smallest absolute Gasteiger partial charge is 0.416 e. The first-order chi connectivity index (χ1) is 17.6. The maximum Gasteiger partial charge on any atom is 0.416 e. The number of hydrogen-bond acceptors (Lipinski definition) is 6. The van der Waals surface area contributed by atoms with Crippen molar-refractivity contribution in [3.63, 3.8) is 0 Å². The molecule has 1 unspecified atom stereocenters. The Hall–Kier alpha value is -2.95. The van der Waals surface area contributed by atoms with Crippen molar-refractivity contribution in [3.05, 3.63) is 83.2 Å². The molecule has 1 N–H and O–H groups in total. The van der Waals surface area contributed by atoms with Crippen molar-refractivity contribution in [1.29, 1.82) is 0 Å². The lowest BCUT2D eigenvalue weighted by Gasteiger charge is -2.19. The third-order valence-corrected chi connectivity index (χ3v) is 8.25. The third kappa shape index (κ3) is 5.23. The Bertz CT molecular complexity index is 1560. The molecule has 0 bridgehead atoms. The summed E-state index contributed by atoms with van der Waals surface area (Å²) in [5.41, 5.74) is 0.251. The predicted molar refractivity (Wildman–Crippen MR) is 138 cm³/mol. The number of halogens is 4. The van der Waals surface area contributed by atoms with Crippen molar-refractivity contribution in [2.45, 2.75) is 44.4 Å². The van der Waals surface area contributed by atoms with Crippen LogP contribution in [0.15, 0.2) is 51.4 Å². The van der Waals surface area contributed by atoms with Crippen LogP contribution in [-0.2, 0) is 19.1 Å². The van der Waals surface area contributed by atoms with E-state index in [1.807, 2.05) is 7.05 Å². The molecule has 1 aromatic heterocycles. The van der Waals surface area contributed by atoms with E-state index in [-0.39, 0.29) is 32.6 Å². The van der Waals surface area contributed by atoms with E-state index in [2.05, 4.69) is 15.1 Å². The van der Waals surface area contributed by atoms with Crippen LogP contribution in [-0.4, -0.2) is 40.4 Å². The number of hydrogen-bond donors (Lipinski definition) is 1. The van der Waals surface area contributed by atoms with Gasteiger partial charge in [0, 0.05) is 29.6 Å². The van der Waals surface area contributed by atoms with Crippen molar-refractivity contribution >= 4 is 34.7 Å².